The second-order valence-corrected chi connectivity index (χ2v) is 9.65. The predicted molar refractivity (Wildman–Crippen MR) is 123 cm³/mol. The van der Waals surface area contributed by atoms with Crippen molar-refractivity contribution in [2.24, 2.45) is 13.0 Å². The fraction of sp³-hybridized carbons (Fsp3) is 0.318. The fourth-order valence-electron chi connectivity index (χ4n) is 4.28. The van der Waals surface area contributed by atoms with E-state index in [2.05, 4.69) is 25.7 Å². The number of halogens is 3. The number of thiazole rings is 1. The summed E-state index contributed by atoms with van der Waals surface area (Å²) in [4.78, 5) is 19.1. The lowest BCUT2D eigenvalue weighted by Gasteiger charge is -2.23. The van der Waals surface area contributed by atoms with Gasteiger partial charge in [0.25, 0.3) is 0 Å². The summed E-state index contributed by atoms with van der Waals surface area (Å²) >= 11 is 7.34. The number of tetrazole rings is 1. The third-order valence-electron chi connectivity index (χ3n) is 5.81. The Bertz CT molecular complexity index is 1320. The Kier molecular flexibility index (Phi) is 5.57. The van der Waals surface area contributed by atoms with Crippen molar-refractivity contribution in [2.45, 2.75) is 31.1 Å². The number of fused-ring (bicyclic) bond motifs is 1. The van der Waals surface area contributed by atoms with Crippen molar-refractivity contribution < 1.29 is 13.6 Å². The Morgan fingerprint density at radius 1 is 1.27 bits per heavy atom. The molecule has 0 spiro atoms. The number of nitrogens with zero attached hydrogens (tertiary/aromatic N) is 5. The summed E-state index contributed by atoms with van der Waals surface area (Å²) < 4.78 is 28.9. The standard InChI is InChI=1S/C22H19ClF2N6OS/c1-31-29-19(28-30-31)13-4-2-12(3-5-13)18(14-8-9-22(24,25)11-14)20(32)27-21-26-16-7-6-15(23)10-17(16)33-21/h2-7,10,14,18H,8-9,11H2,1H3,(H,26,27,32)/t14-,18+/m0/s1. The van der Waals surface area contributed by atoms with Crippen molar-refractivity contribution in [1.82, 2.24) is 25.2 Å². The molecule has 2 aromatic carbocycles. The van der Waals surface area contributed by atoms with Gasteiger partial charge in [-0.2, -0.15) is 4.80 Å². The Balaban J connectivity index is 1.44. The minimum atomic E-state index is -2.76. The second-order valence-electron chi connectivity index (χ2n) is 8.18. The summed E-state index contributed by atoms with van der Waals surface area (Å²) in [5, 5.41) is 15.8. The molecule has 0 radical (unpaired) electrons. The van der Waals surface area contributed by atoms with Crippen LogP contribution in [0.2, 0.25) is 5.02 Å². The topological polar surface area (TPSA) is 85.6 Å². The van der Waals surface area contributed by atoms with Gasteiger partial charge in [-0.3, -0.25) is 4.79 Å². The maximum absolute atomic E-state index is 14.0. The lowest BCUT2D eigenvalue weighted by molar-refractivity contribution is -0.118. The largest absolute Gasteiger partial charge is 0.301 e. The maximum Gasteiger partial charge on any atom is 0.248 e. The van der Waals surface area contributed by atoms with Gasteiger partial charge >= 0.3 is 0 Å². The lowest BCUT2D eigenvalue weighted by atomic mass is 9.83. The third kappa shape index (κ3) is 4.58. The van der Waals surface area contributed by atoms with Gasteiger partial charge in [-0.1, -0.05) is 47.2 Å². The number of hydrogen-bond acceptors (Lipinski definition) is 6. The monoisotopic (exact) mass is 488 g/mol. The highest BCUT2D eigenvalue weighted by Gasteiger charge is 2.45. The van der Waals surface area contributed by atoms with Crippen LogP contribution >= 0.6 is 22.9 Å². The van der Waals surface area contributed by atoms with Crippen molar-refractivity contribution in [3.63, 3.8) is 0 Å². The van der Waals surface area contributed by atoms with E-state index in [9.17, 15) is 13.6 Å². The van der Waals surface area contributed by atoms with Crippen molar-refractivity contribution in [3.8, 4) is 11.4 Å². The van der Waals surface area contributed by atoms with Crippen molar-refractivity contribution >= 4 is 44.2 Å². The number of aryl methyl sites for hydroxylation is 1. The number of nitrogens with one attached hydrogen (secondary N) is 1. The number of hydrogen-bond donors (Lipinski definition) is 1. The van der Waals surface area contributed by atoms with Gasteiger partial charge < -0.3 is 5.32 Å². The van der Waals surface area contributed by atoms with E-state index in [0.717, 1.165) is 10.3 Å². The van der Waals surface area contributed by atoms with E-state index < -0.39 is 17.8 Å². The molecule has 2 atom stereocenters. The molecule has 0 saturated heterocycles. The zero-order valence-corrected chi connectivity index (χ0v) is 19.1. The van der Waals surface area contributed by atoms with Gasteiger partial charge in [-0.15, -0.1) is 10.2 Å². The van der Waals surface area contributed by atoms with E-state index in [4.69, 9.17) is 11.6 Å². The van der Waals surface area contributed by atoms with E-state index in [1.807, 2.05) is 0 Å². The zero-order valence-electron chi connectivity index (χ0n) is 17.5. The minimum absolute atomic E-state index is 0.220. The number of rotatable bonds is 5. The first-order chi connectivity index (χ1) is 15.8. The second kappa shape index (κ2) is 8.42. The van der Waals surface area contributed by atoms with Gasteiger partial charge in [-0.25, -0.2) is 13.8 Å². The van der Waals surface area contributed by atoms with Gasteiger partial charge in [0.2, 0.25) is 17.7 Å². The third-order valence-corrected chi connectivity index (χ3v) is 6.98. The molecule has 2 heterocycles. The van der Waals surface area contributed by atoms with Crippen LogP contribution in [0.3, 0.4) is 0 Å². The molecule has 1 amide bonds. The Hall–Kier alpha value is -2.98. The van der Waals surface area contributed by atoms with Crippen LogP contribution in [0.4, 0.5) is 13.9 Å². The average Bonchev–Trinajstić information content (AvgIpc) is 3.46. The van der Waals surface area contributed by atoms with Gasteiger partial charge in [0.15, 0.2) is 5.13 Å². The van der Waals surface area contributed by atoms with E-state index in [0.29, 0.717) is 27.1 Å². The first kappa shape index (κ1) is 21.8. The molecule has 0 unspecified atom stereocenters. The lowest BCUT2D eigenvalue weighted by Crippen LogP contribution is -2.27. The van der Waals surface area contributed by atoms with Crippen LogP contribution in [-0.2, 0) is 11.8 Å². The van der Waals surface area contributed by atoms with Crippen LogP contribution in [0.15, 0.2) is 42.5 Å². The van der Waals surface area contributed by atoms with Crippen molar-refractivity contribution in [1.29, 1.82) is 0 Å². The van der Waals surface area contributed by atoms with E-state index in [1.165, 1.54) is 16.1 Å². The summed E-state index contributed by atoms with van der Waals surface area (Å²) in [7, 11) is 1.67. The highest BCUT2D eigenvalue weighted by Crippen LogP contribution is 2.46. The summed E-state index contributed by atoms with van der Waals surface area (Å²) in [6.45, 7) is 0. The Morgan fingerprint density at radius 2 is 2.06 bits per heavy atom. The van der Waals surface area contributed by atoms with Crippen molar-refractivity contribution in [2.75, 3.05) is 5.32 Å². The predicted octanol–water partition coefficient (Wildman–Crippen LogP) is 5.30. The zero-order chi connectivity index (χ0) is 23.2. The number of anilines is 1. The summed E-state index contributed by atoms with van der Waals surface area (Å²) in [5.41, 5.74) is 2.10. The molecule has 1 saturated carbocycles. The van der Waals surface area contributed by atoms with Crippen LogP contribution in [0, 0.1) is 5.92 Å². The molecule has 5 rings (SSSR count). The highest BCUT2D eigenvalue weighted by molar-refractivity contribution is 7.22. The van der Waals surface area contributed by atoms with Crippen LogP contribution in [0.5, 0.6) is 0 Å². The number of carbonyl (C=O) groups excluding carboxylic acids is 1. The average molecular weight is 489 g/mol. The number of alkyl halides is 2. The molecule has 4 aromatic rings. The molecule has 1 aliphatic carbocycles. The SMILES string of the molecule is Cn1nnc(-c2ccc([C@@H](C(=O)Nc3nc4ccc(Cl)cc4s3)[C@H]3CCC(F)(F)C3)cc2)n1. The molecule has 1 fully saturated rings. The Morgan fingerprint density at radius 3 is 2.73 bits per heavy atom. The summed E-state index contributed by atoms with van der Waals surface area (Å²) in [6, 6.07) is 12.4. The molecule has 7 nitrogen and oxygen atoms in total. The molecule has 1 N–H and O–H groups in total. The molecule has 170 valence electrons. The highest BCUT2D eigenvalue weighted by atomic mass is 35.5. The fourth-order valence-corrected chi connectivity index (χ4v) is 5.43. The smallest absolute Gasteiger partial charge is 0.248 e. The molecule has 2 aromatic heterocycles. The molecular weight excluding hydrogens is 470 g/mol. The van der Waals surface area contributed by atoms with E-state index >= 15 is 0 Å². The van der Waals surface area contributed by atoms with Crippen LogP contribution < -0.4 is 5.32 Å². The molecule has 11 heteroatoms. The van der Waals surface area contributed by atoms with Crippen LogP contribution in [-0.4, -0.2) is 37.0 Å². The van der Waals surface area contributed by atoms with E-state index in [-0.39, 0.29) is 25.2 Å². The first-order valence-electron chi connectivity index (χ1n) is 10.4. The quantitative estimate of drug-likeness (QED) is 0.412. The Labute approximate surface area is 196 Å². The van der Waals surface area contributed by atoms with Crippen molar-refractivity contribution in [3.05, 3.63) is 53.1 Å². The van der Waals surface area contributed by atoms with Crippen LogP contribution in [0.25, 0.3) is 21.6 Å². The minimum Gasteiger partial charge on any atom is -0.301 e. The maximum atomic E-state index is 14.0. The number of benzene rings is 2. The van der Waals surface area contributed by atoms with Crippen LogP contribution in [0.1, 0.15) is 30.7 Å². The van der Waals surface area contributed by atoms with Gasteiger partial charge in [-0.05, 0) is 41.3 Å². The van der Waals surface area contributed by atoms with Gasteiger partial charge in [0.1, 0.15) is 0 Å². The number of aromatic nitrogens is 5. The van der Waals surface area contributed by atoms with Gasteiger partial charge in [0, 0.05) is 23.4 Å². The molecule has 33 heavy (non-hydrogen) atoms. The van der Waals surface area contributed by atoms with Gasteiger partial charge in [0.05, 0.1) is 23.2 Å². The first-order valence-corrected chi connectivity index (χ1v) is 11.6. The molecule has 1 aliphatic rings. The number of amides is 1. The van der Waals surface area contributed by atoms with E-state index in [1.54, 1.807) is 49.5 Å². The summed E-state index contributed by atoms with van der Waals surface area (Å²) in [5.74, 6) is -3.89. The number of carbonyl (C=O) groups is 1. The normalized spacial score (nSPS) is 18.5. The molecular formula is C22H19ClF2N6OS. The molecule has 0 bridgehead atoms. The summed E-state index contributed by atoms with van der Waals surface area (Å²) in [6.07, 6.45) is -0.273. The molecule has 0 aliphatic heterocycles.